The first-order valence-electron chi connectivity index (χ1n) is 9.85. The Hall–Kier alpha value is -2.14. The number of rotatable bonds is 7. The molecule has 2 aromatic rings. The van der Waals surface area contributed by atoms with Crippen LogP contribution in [0.25, 0.3) is 0 Å². The highest BCUT2D eigenvalue weighted by molar-refractivity contribution is 6.32. The molecular formula is C22H29ClN2O3. The van der Waals surface area contributed by atoms with E-state index in [0.717, 1.165) is 31.5 Å². The van der Waals surface area contributed by atoms with Crippen LogP contribution in [0.3, 0.4) is 0 Å². The van der Waals surface area contributed by atoms with Gasteiger partial charge < -0.3 is 18.9 Å². The van der Waals surface area contributed by atoms with Crippen molar-refractivity contribution in [1.29, 1.82) is 0 Å². The molecule has 28 heavy (non-hydrogen) atoms. The number of nitrogens with zero attached hydrogens (tertiary/aromatic N) is 2. The zero-order chi connectivity index (χ0) is 20.3. The second-order valence-corrected chi connectivity index (χ2v) is 8.13. The maximum atomic E-state index is 13.3. The van der Waals surface area contributed by atoms with Gasteiger partial charge in [-0.05, 0) is 49.4 Å². The molecule has 1 aromatic carbocycles. The van der Waals surface area contributed by atoms with E-state index in [9.17, 15) is 4.79 Å². The average Bonchev–Trinajstić information content (AvgIpc) is 3.30. The Morgan fingerprint density at radius 3 is 2.79 bits per heavy atom. The summed E-state index contributed by atoms with van der Waals surface area (Å²) in [6.45, 7) is 5.58. The van der Waals surface area contributed by atoms with Crippen molar-refractivity contribution in [3.63, 3.8) is 0 Å². The number of methoxy groups -OCH3 is 1. The second-order valence-electron chi connectivity index (χ2n) is 7.72. The van der Waals surface area contributed by atoms with Gasteiger partial charge in [0.15, 0.2) is 11.5 Å². The van der Waals surface area contributed by atoms with Crippen molar-refractivity contribution < 1.29 is 14.3 Å². The number of aromatic nitrogens is 1. The third kappa shape index (κ3) is 4.30. The summed E-state index contributed by atoms with van der Waals surface area (Å²) in [6, 6.07) is 7.60. The maximum absolute atomic E-state index is 13.3. The third-order valence-electron chi connectivity index (χ3n) is 5.26. The van der Waals surface area contributed by atoms with Crippen LogP contribution in [-0.2, 0) is 7.05 Å². The molecule has 1 aliphatic heterocycles. The minimum Gasteiger partial charge on any atom is -0.493 e. The van der Waals surface area contributed by atoms with Gasteiger partial charge in [0.2, 0.25) is 0 Å². The summed E-state index contributed by atoms with van der Waals surface area (Å²) >= 11 is 6.46. The lowest BCUT2D eigenvalue weighted by atomic mass is 10.1. The van der Waals surface area contributed by atoms with Gasteiger partial charge >= 0.3 is 0 Å². The Morgan fingerprint density at radius 2 is 2.14 bits per heavy atom. The minimum atomic E-state index is -0.0300. The van der Waals surface area contributed by atoms with Gasteiger partial charge in [-0.15, -0.1) is 0 Å². The van der Waals surface area contributed by atoms with E-state index < -0.39 is 0 Å². The van der Waals surface area contributed by atoms with Crippen LogP contribution in [0.15, 0.2) is 30.5 Å². The number of hydrogen-bond donors (Lipinski definition) is 0. The molecule has 1 amide bonds. The van der Waals surface area contributed by atoms with E-state index in [1.54, 1.807) is 19.2 Å². The minimum absolute atomic E-state index is 0.0300. The molecule has 6 heteroatoms. The summed E-state index contributed by atoms with van der Waals surface area (Å²) in [6.07, 6.45) is 4.89. The molecular weight excluding hydrogens is 376 g/mol. The summed E-state index contributed by atoms with van der Waals surface area (Å²) in [5, 5.41) is 0.404. The molecule has 1 fully saturated rings. The normalized spacial score (nSPS) is 16.6. The summed E-state index contributed by atoms with van der Waals surface area (Å²) in [4.78, 5) is 15.2. The molecule has 0 spiro atoms. The molecule has 0 bridgehead atoms. The fourth-order valence-electron chi connectivity index (χ4n) is 3.68. The van der Waals surface area contributed by atoms with Crippen LogP contribution in [0.4, 0.5) is 0 Å². The van der Waals surface area contributed by atoms with E-state index in [-0.39, 0.29) is 11.9 Å². The largest absolute Gasteiger partial charge is 0.493 e. The standard InChI is InChI=1S/C22H29ClN2O3/c1-15(2)9-12-28-21-17(23)13-16(14-20(21)27-4)22(26)25-11-6-8-19(25)18-7-5-10-24(18)3/h5,7,10,13-15,19H,6,8-9,11-12H2,1-4H3. The topological polar surface area (TPSA) is 43.7 Å². The number of halogens is 1. The molecule has 1 unspecified atom stereocenters. The summed E-state index contributed by atoms with van der Waals surface area (Å²) in [7, 11) is 3.58. The van der Waals surface area contributed by atoms with Crippen molar-refractivity contribution in [2.45, 2.75) is 39.2 Å². The van der Waals surface area contributed by atoms with E-state index in [2.05, 4.69) is 24.5 Å². The summed E-state index contributed by atoms with van der Waals surface area (Å²) < 4.78 is 13.4. The molecule has 1 aliphatic rings. The number of likely N-dealkylation sites (tertiary alicyclic amines) is 1. The van der Waals surface area contributed by atoms with E-state index >= 15 is 0 Å². The number of carbonyl (C=O) groups excluding carboxylic acids is 1. The van der Waals surface area contributed by atoms with Crippen LogP contribution < -0.4 is 9.47 Å². The third-order valence-corrected chi connectivity index (χ3v) is 5.54. The van der Waals surface area contributed by atoms with Crippen molar-refractivity contribution in [3.05, 3.63) is 46.7 Å². The number of aryl methyl sites for hydroxylation is 1. The molecule has 0 radical (unpaired) electrons. The van der Waals surface area contributed by atoms with Crippen molar-refractivity contribution in [2.75, 3.05) is 20.3 Å². The van der Waals surface area contributed by atoms with Crippen molar-refractivity contribution in [3.8, 4) is 11.5 Å². The lowest BCUT2D eigenvalue weighted by Crippen LogP contribution is -2.31. The highest BCUT2D eigenvalue weighted by atomic mass is 35.5. The molecule has 2 heterocycles. The highest BCUT2D eigenvalue weighted by Gasteiger charge is 2.32. The lowest BCUT2D eigenvalue weighted by molar-refractivity contribution is 0.0731. The van der Waals surface area contributed by atoms with Crippen LogP contribution in [0.2, 0.25) is 5.02 Å². The van der Waals surface area contributed by atoms with Crippen LogP contribution in [0.1, 0.15) is 55.2 Å². The van der Waals surface area contributed by atoms with E-state index in [1.165, 1.54) is 0 Å². The molecule has 0 aliphatic carbocycles. The van der Waals surface area contributed by atoms with Crippen molar-refractivity contribution in [1.82, 2.24) is 9.47 Å². The number of amides is 1. The Bertz CT molecular complexity index is 831. The number of carbonyl (C=O) groups is 1. The molecule has 1 atom stereocenters. The molecule has 0 N–H and O–H groups in total. The quantitative estimate of drug-likeness (QED) is 0.645. The Balaban J connectivity index is 1.83. The Morgan fingerprint density at radius 1 is 1.36 bits per heavy atom. The van der Waals surface area contributed by atoms with Crippen molar-refractivity contribution in [2.24, 2.45) is 13.0 Å². The molecule has 3 rings (SSSR count). The Labute approximate surface area is 172 Å². The lowest BCUT2D eigenvalue weighted by Gasteiger charge is -2.26. The van der Waals surface area contributed by atoms with Crippen molar-refractivity contribution >= 4 is 17.5 Å². The number of benzene rings is 1. The SMILES string of the molecule is COc1cc(C(=O)N2CCCC2c2cccn2C)cc(Cl)c1OCCC(C)C. The molecule has 152 valence electrons. The van der Waals surface area contributed by atoms with Crippen LogP contribution in [0, 0.1) is 5.92 Å². The van der Waals surface area contributed by atoms with Gasteiger partial charge in [-0.1, -0.05) is 25.4 Å². The second kappa shape index (κ2) is 8.91. The van der Waals surface area contributed by atoms with Crippen LogP contribution >= 0.6 is 11.6 Å². The molecule has 0 saturated carbocycles. The monoisotopic (exact) mass is 404 g/mol. The van der Waals surface area contributed by atoms with Gasteiger partial charge in [0, 0.05) is 31.0 Å². The molecule has 1 aromatic heterocycles. The number of ether oxygens (including phenoxy) is 2. The van der Waals surface area contributed by atoms with Gasteiger partial charge in [-0.25, -0.2) is 0 Å². The average molecular weight is 405 g/mol. The van der Waals surface area contributed by atoms with Gasteiger partial charge in [0.05, 0.1) is 24.8 Å². The van der Waals surface area contributed by atoms with Crippen LogP contribution in [-0.4, -0.2) is 35.6 Å². The highest BCUT2D eigenvalue weighted by Crippen LogP contribution is 2.39. The Kier molecular flexibility index (Phi) is 6.55. The number of hydrogen-bond acceptors (Lipinski definition) is 3. The van der Waals surface area contributed by atoms with Gasteiger partial charge in [0.25, 0.3) is 5.91 Å². The zero-order valence-corrected chi connectivity index (χ0v) is 17.8. The predicted octanol–water partition coefficient (Wildman–Crippen LogP) is 5.09. The fraction of sp³-hybridized carbons (Fsp3) is 0.500. The first kappa shape index (κ1) is 20.6. The fourth-order valence-corrected chi connectivity index (χ4v) is 3.95. The predicted molar refractivity (Wildman–Crippen MR) is 111 cm³/mol. The van der Waals surface area contributed by atoms with E-state index in [4.69, 9.17) is 21.1 Å². The first-order chi connectivity index (χ1) is 13.4. The van der Waals surface area contributed by atoms with E-state index in [1.807, 2.05) is 24.2 Å². The van der Waals surface area contributed by atoms with Gasteiger partial charge in [0.1, 0.15) is 0 Å². The summed E-state index contributed by atoms with van der Waals surface area (Å²) in [5.41, 5.74) is 1.68. The van der Waals surface area contributed by atoms with Gasteiger partial charge in [-0.2, -0.15) is 0 Å². The first-order valence-corrected chi connectivity index (χ1v) is 10.2. The molecule has 5 nitrogen and oxygen atoms in total. The molecule has 1 saturated heterocycles. The van der Waals surface area contributed by atoms with E-state index in [0.29, 0.717) is 34.6 Å². The maximum Gasteiger partial charge on any atom is 0.254 e. The smallest absolute Gasteiger partial charge is 0.254 e. The van der Waals surface area contributed by atoms with Gasteiger partial charge in [-0.3, -0.25) is 4.79 Å². The zero-order valence-electron chi connectivity index (χ0n) is 17.1. The van der Waals surface area contributed by atoms with Crippen LogP contribution in [0.5, 0.6) is 11.5 Å². The summed E-state index contributed by atoms with van der Waals surface area (Å²) in [5.74, 6) is 1.50.